The fourth-order valence-electron chi connectivity index (χ4n) is 2.55. The molecule has 0 radical (unpaired) electrons. The lowest BCUT2D eigenvalue weighted by Gasteiger charge is -2.24. The average molecular weight is 337 g/mol. The summed E-state index contributed by atoms with van der Waals surface area (Å²) in [7, 11) is 2.51. The lowest BCUT2D eigenvalue weighted by Crippen LogP contribution is -2.27. The van der Waals surface area contributed by atoms with E-state index in [0.717, 1.165) is 5.39 Å². The summed E-state index contributed by atoms with van der Waals surface area (Å²) < 4.78 is 9.70. The molecule has 7 nitrogen and oxygen atoms in total. The molecular weight excluding hydrogens is 322 g/mol. The Morgan fingerprint density at radius 2 is 1.88 bits per heavy atom. The first kappa shape index (κ1) is 16.4. The summed E-state index contributed by atoms with van der Waals surface area (Å²) in [4.78, 5) is 34.5. The largest absolute Gasteiger partial charge is 0.465 e. The van der Waals surface area contributed by atoms with E-state index in [0.29, 0.717) is 11.2 Å². The number of nitrogens with zero attached hydrogens (tertiary/aromatic N) is 3. The number of aromatic nitrogens is 2. The molecule has 0 spiro atoms. The highest BCUT2D eigenvalue weighted by molar-refractivity contribution is 6.07. The van der Waals surface area contributed by atoms with Crippen LogP contribution >= 0.6 is 0 Å². The van der Waals surface area contributed by atoms with Crippen LogP contribution in [-0.2, 0) is 19.1 Å². The molecule has 1 aliphatic rings. The second-order valence-corrected chi connectivity index (χ2v) is 5.05. The van der Waals surface area contributed by atoms with Crippen molar-refractivity contribution in [3.8, 4) is 0 Å². The molecule has 7 heteroatoms. The normalized spacial score (nSPS) is 13.8. The molecule has 0 bridgehead atoms. The molecule has 0 saturated heterocycles. The van der Waals surface area contributed by atoms with Crippen molar-refractivity contribution in [3.63, 3.8) is 0 Å². The van der Waals surface area contributed by atoms with Crippen molar-refractivity contribution in [2.75, 3.05) is 19.1 Å². The number of esters is 2. The molecule has 2 aromatic rings. The summed E-state index contributed by atoms with van der Waals surface area (Å²) in [6.45, 7) is 0. The summed E-state index contributed by atoms with van der Waals surface area (Å²) >= 11 is 0. The first-order valence-electron chi connectivity index (χ1n) is 7.41. The van der Waals surface area contributed by atoms with Gasteiger partial charge in [-0.1, -0.05) is 12.1 Å². The number of hydrogen-bond donors (Lipinski definition) is 0. The molecule has 3 rings (SSSR count). The van der Waals surface area contributed by atoms with Crippen molar-refractivity contribution >= 4 is 28.5 Å². The van der Waals surface area contributed by atoms with Crippen LogP contribution in [0.1, 0.15) is 0 Å². The van der Waals surface area contributed by atoms with E-state index in [2.05, 4.69) is 9.97 Å². The van der Waals surface area contributed by atoms with Crippen molar-refractivity contribution in [1.29, 1.82) is 0 Å². The molecule has 0 atom stereocenters. The van der Waals surface area contributed by atoms with Gasteiger partial charge in [-0.25, -0.2) is 19.6 Å². The van der Waals surface area contributed by atoms with Gasteiger partial charge in [-0.2, -0.15) is 0 Å². The van der Waals surface area contributed by atoms with Crippen LogP contribution in [0.2, 0.25) is 0 Å². The number of methoxy groups -OCH3 is 2. The molecule has 0 N–H and O–H groups in total. The quantitative estimate of drug-likeness (QED) is 0.793. The van der Waals surface area contributed by atoms with Crippen LogP contribution in [0.5, 0.6) is 0 Å². The minimum atomic E-state index is -0.662. The molecule has 0 amide bonds. The minimum absolute atomic E-state index is 0.0516. The Hall–Kier alpha value is -3.48. The molecule has 0 fully saturated rings. The Morgan fingerprint density at radius 1 is 1.08 bits per heavy atom. The van der Waals surface area contributed by atoms with Crippen LogP contribution in [0.25, 0.3) is 10.9 Å². The van der Waals surface area contributed by atoms with E-state index in [4.69, 9.17) is 9.47 Å². The van der Waals surface area contributed by atoms with Crippen LogP contribution in [0.3, 0.4) is 0 Å². The van der Waals surface area contributed by atoms with Gasteiger partial charge < -0.3 is 14.4 Å². The van der Waals surface area contributed by atoms with Gasteiger partial charge in [0.1, 0.15) is 12.0 Å². The van der Waals surface area contributed by atoms with Crippen LogP contribution in [-0.4, -0.2) is 36.1 Å². The standard InChI is InChI=1S/C18H15N3O4/c1-24-17(22)12-6-3-4-9-21(16(12)18(23)25-2)15-8-5-7-14-13(15)10-19-11-20-14/h3-11H,1-2H3. The van der Waals surface area contributed by atoms with Gasteiger partial charge in [0.2, 0.25) is 0 Å². The maximum Gasteiger partial charge on any atom is 0.355 e. The van der Waals surface area contributed by atoms with Crippen LogP contribution in [0.4, 0.5) is 5.69 Å². The second kappa shape index (κ2) is 6.96. The predicted molar refractivity (Wildman–Crippen MR) is 91.4 cm³/mol. The van der Waals surface area contributed by atoms with E-state index in [1.807, 2.05) is 12.1 Å². The monoisotopic (exact) mass is 337 g/mol. The first-order valence-corrected chi connectivity index (χ1v) is 7.41. The van der Waals surface area contributed by atoms with E-state index in [-0.39, 0.29) is 11.3 Å². The second-order valence-electron chi connectivity index (χ2n) is 5.05. The van der Waals surface area contributed by atoms with Crippen molar-refractivity contribution < 1.29 is 19.1 Å². The van der Waals surface area contributed by atoms with Gasteiger partial charge in [-0.3, -0.25) is 0 Å². The Balaban J connectivity index is 2.28. The summed E-state index contributed by atoms with van der Waals surface area (Å²) in [5.74, 6) is -1.30. The molecule has 126 valence electrons. The Morgan fingerprint density at radius 3 is 2.64 bits per heavy atom. The highest BCUT2D eigenvalue weighted by Gasteiger charge is 2.28. The molecule has 1 aliphatic heterocycles. The number of benzene rings is 1. The van der Waals surface area contributed by atoms with E-state index >= 15 is 0 Å². The Labute approximate surface area is 143 Å². The summed E-state index contributed by atoms with van der Waals surface area (Å²) in [5, 5.41) is 0.724. The molecule has 0 aliphatic carbocycles. The van der Waals surface area contributed by atoms with Gasteiger partial charge in [0.15, 0.2) is 0 Å². The van der Waals surface area contributed by atoms with Gasteiger partial charge in [0.25, 0.3) is 0 Å². The first-order chi connectivity index (χ1) is 12.2. The number of anilines is 1. The van der Waals surface area contributed by atoms with E-state index < -0.39 is 11.9 Å². The highest BCUT2D eigenvalue weighted by Crippen LogP contribution is 2.31. The van der Waals surface area contributed by atoms with Crippen LogP contribution < -0.4 is 4.90 Å². The molecule has 0 unspecified atom stereocenters. The van der Waals surface area contributed by atoms with Crippen molar-refractivity contribution in [2.24, 2.45) is 0 Å². The number of fused-ring (bicyclic) bond motifs is 1. The summed E-state index contributed by atoms with van der Waals surface area (Å²) in [6, 6.07) is 5.45. The molecule has 2 heterocycles. The lowest BCUT2D eigenvalue weighted by atomic mass is 10.1. The fourth-order valence-corrected chi connectivity index (χ4v) is 2.55. The van der Waals surface area contributed by atoms with Gasteiger partial charge in [0.05, 0.1) is 31.0 Å². The van der Waals surface area contributed by atoms with E-state index in [9.17, 15) is 9.59 Å². The van der Waals surface area contributed by atoms with Gasteiger partial charge in [-0.05, 0) is 24.3 Å². The fraction of sp³-hybridized carbons (Fsp3) is 0.111. The van der Waals surface area contributed by atoms with Crippen molar-refractivity contribution in [1.82, 2.24) is 9.97 Å². The predicted octanol–water partition coefficient (Wildman–Crippen LogP) is 2.12. The third-order valence-corrected chi connectivity index (χ3v) is 3.68. The number of carbonyl (C=O) groups excluding carboxylic acids is 2. The molecular formula is C18H15N3O4. The lowest BCUT2D eigenvalue weighted by molar-refractivity contribution is -0.139. The van der Waals surface area contributed by atoms with Gasteiger partial charge in [0, 0.05) is 17.8 Å². The zero-order valence-electron chi connectivity index (χ0n) is 13.7. The highest BCUT2D eigenvalue weighted by atomic mass is 16.5. The number of carbonyl (C=O) groups is 2. The van der Waals surface area contributed by atoms with Crippen LogP contribution in [0.15, 0.2) is 66.4 Å². The number of ether oxygens (including phenoxy) is 2. The average Bonchev–Trinajstić information content (AvgIpc) is 2.89. The SMILES string of the molecule is COC(=O)C1=C(C(=O)OC)N(c2cccc3ncncc23)C=CC=C1. The topological polar surface area (TPSA) is 81.6 Å². The van der Waals surface area contributed by atoms with Crippen LogP contribution in [0, 0.1) is 0 Å². The summed E-state index contributed by atoms with van der Waals surface area (Å²) in [5.41, 5.74) is 1.49. The third-order valence-electron chi connectivity index (χ3n) is 3.68. The zero-order chi connectivity index (χ0) is 17.8. The Kier molecular flexibility index (Phi) is 4.56. The van der Waals surface area contributed by atoms with Gasteiger partial charge in [-0.15, -0.1) is 0 Å². The maximum absolute atomic E-state index is 12.4. The third kappa shape index (κ3) is 2.99. The maximum atomic E-state index is 12.4. The van der Waals surface area contributed by atoms with E-state index in [1.165, 1.54) is 26.6 Å². The minimum Gasteiger partial charge on any atom is -0.465 e. The smallest absolute Gasteiger partial charge is 0.355 e. The molecule has 1 aromatic carbocycles. The molecule has 25 heavy (non-hydrogen) atoms. The van der Waals surface area contributed by atoms with Crippen molar-refractivity contribution in [3.05, 3.63) is 66.4 Å². The van der Waals surface area contributed by atoms with E-state index in [1.54, 1.807) is 35.5 Å². The number of allylic oxidation sites excluding steroid dienone is 2. The van der Waals surface area contributed by atoms with Crippen molar-refractivity contribution in [2.45, 2.75) is 0 Å². The Bertz CT molecular complexity index is 926. The zero-order valence-corrected chi connectivity index (χ0v) is 13.7. The summed E-state index contributed by atoms with van der Waals surface area (Å²) in [6.07, 6.45) is 9.63. The molecule has 1 aromatic heterocycles. The molecule has 0 saturated carbocycles. The van der Waals surface area contributed by atoms with Gasteiger partial charge >= 0.3 is 11.9 Å². The number of rotatable bonds is 3. The number of hydrogen-bond acceptors (Lipinski definition) is 7.